The molecule has 2 rings (SSSR count). The second-order valence-corrected chi connectivity index (χ2v) is 5.80. The fourth-order valence-corrected chi connectivity index (χ4v) is 2.98. The molecule has 0 radical (unpaired) electrons. The van der Waals surface area contributed by atoms with E-state index in [2.05, 4.69) is 0 Å². The van der Waals surface area contributed by atoms with Crippen molar-refractivity contribution in [1.29, 1.82) is 0 Å². The Balaban J connectivity index is 1.94. The molecule has 1 aliphatic carbocycles. The molecule has 0 aromatic heterocycles. The average molecular weight is 253 g/mol. The summed E-state index contributed by atoms with van der Waals surface area (Å²) in [6.45, 7) is 0.743. The summed E-state index contributed by atoms with van der Waals surface area (Å²) in [5, 5.41) is 0. The lowest BCUT2D eigenvalue weighted by Crippen LogP contribution is -2.53. The molecule has 5 nitrogen and oxygen atoms in total. The van der Waals surface area contributed by atoms with E-state index in [0.29, 0.717) is 6.42 Å². The molecule has 4 N–H and O–H groups in total. The molecule has 102 valence electrons. The first-order valence-corrected chi connectivity index (χ1v) is 6.87. The molecule has 1 aliphatic heterocycles. The van der Waals surface area contributed by atoms with Crippen LogP contribution in [-0.2, 0) is 9.59 Å². The van der Waals surface area contributed by atoms with Crippen LogP contribution in [0.4, 0.5) is 0 Å². The summed E-state index contributed by atoms with van der Waals surface area (Å²) in [5.41, 5.74) is 11.1. The van der Waals surface area contributed by atoms with E-state index in [1.54, 1.807) is 0 Å². The van der Waals surface area contributed by atoms with Crippen LogP contribution in [-0.4, -0.2) is 34.8 Å². The highest BCUT2D eigenvalue weighted by molar-refractivity contribution is 5.80. The van der Waals surface area contributed by atoms with Gasteiger partial charge in [0.15, 0.2) is 0 Å². The van der Waals surface area contributed by atoms with Crippen molar-refractivity contribution in [2.24, 2.45) is 11.5 Å². The Hall–Kier alpha value is -1.10. The summed E-state index contributed by atoms with van der Waals surface area (Å²) in [6.07, 6.45) is 6.65. The number of nitrogens with two attached hydrogens (primary N) is 2. The van der Waals surface area contributed by atoms with E-state index < -0.39 is 0 Å². The first-order chi connectivity index (χ1) is 8.50. The lowest BCUT2D eigenvalue weighted by Gasteiger charge is -2.41. The predicted molar refractivity (Wildman–Crippen MR) is 68.5 cm³/mol. The normalized spacial score (nSPS) is 26.5. The van der Waals surface area contributed by atoms with Gasteiger partial charge in [-0.2, -0.15) is 0 Å². The Morgan fingerprint density at radius 1 is 1.22 bits per heavy atom. The maximum Gasteiger partial charge on any atom is 0.224 e. The van der Waals surface area contributed by atoms with Crippen molar-refractivity contribution in [1.82, 2.24) is 4.90 Å². The summed E-state index contributed by atoms with van der Waals surface area (Å²) in [6, 6.07) is -0.00701. The van der Waals surface area contributed by atoms with Crippen molar-refractivity contribution in [3.8, 4) is 0 Å². The van der Waals surface area contributed by atoms with Gasteiger partial charge in [0.25, 0.3) is 0 Å². The van der Waals surface area contributed by atoms with Gasteiger partial charge in [0.2, 0.25) is 11.8 Å². The smallest absolute Gasteiger partial charge is 0.224 e. The zero-order valence-electron chi connectivity index (χ0n) is 10.9. The van der Waals surface area contributed by atoms with E-state index in [1.165, 1.54) is 0 Å². The van der Waals surface area contributed by atoms with Gasteiger partial charge in [0.1, 0.15) is 0 Å². The molecule has 1 atom stereocenters. The van der Waals surface area contributed by atoms with Crippen LogP contribution in [0.2, 0.25) is 0 Å². The standard InChI is InChI=1S/C13H23N3O2/c14-11(17)8-10-4-1-2-7-16(10)12(18)9-13(15)5-3-6-13/h10H,1-9,15H2,(H2,14,17)/t10-/m0/s1. The second-order valence-electron chi connectivity index (χ2n) is 5.80. The van der Waals surface area contributed by atoms with Crippen molar-refractivity contribution >= 4 is 11.8 Å². The number of likely N-dealkylation sites (tertiary alicyclic amines) is 1. The molecule has 0 bridgehead atoms. The fourth-order valence-electron chi connectivity index (χ4n) is 2.98. The first-order valence-electron chi connectivity index (χ1n) is 6.87. The van der Waals surface area contributed by atoms with E-state index in [9.17, 15) is 9.59 Å². The minimum absolute atomic E-state index is 0.00701. The second kappa shape index (κ2) is 5.26. The minimum Gasteiger partial charge on any atom is -0.370 e. The largest absolute Gasteiger partial charge is 0.370 e. The van der Waals surface area contributed by atoms with Crippen LogP contribution in [0.25, 0.3) is 0 Å². The van der Waals surface area contributed by atoms with Gasteiger partial charge in [-0.15, -0.1) is 0 Å². The zero-order valence-corrected chi connectivity index (χ0v) is 10.9. The Kier molecular flexibility index (Phi) is 3.90. The molecule has 0 aromatic rings. The Morgan fingerprint density at radius 2 is 1.94 bits per heavy atom. The Morgan fingerprint density at radius 3 is 2.50 bits per heavy atom. The monoisotopic (exact) mass is 253 g/mol. The number of primary amides is 1. The van der Waals surface area contributed by atoms with Crippen LogP contribution in [0.15, 0.2) is 0 Å². The number of carbonyl (C=O) groups is 2. The maximum atomic E-state index is 12.3. The third-order valence-corrected chi connectivity index (χ3v) is 4.24. The third kappa shape index (κ3) is 3.02. The summed E-state index contributed by atoms with van der Waals surface area (Å²) in [7, 11) is 0. The highest BCUT2D eigenvalue weighted by Crippen LogP contribution is 2.33. The van der Waals surface area contributed by atoms with Crippen LogP contribution in [0.1, 0.15) is 51.4 Å². The average Bonchev–Trinajstić information content (AvgIpc) is 2.26. The van der Waals surface area contributed by atoms with Gasteiger partial charge in [-0.25, -0.2) is 0 Å². The molecule has 1 heterocycles. The predicted octanol–water partition coefficient (Wildman–Crippen LogP) is 0.514. The fraction of sp³-hybridized carbons (Fsp3) is 0.846. The number of piperidine rings is 1. The van der Waals surface area contributed by atoms with Crippen molar-refractivity contribution < 1.29 is 9.59 Å². The molecule has 0 aromatic carbocycles. The number of rotatable bonds is 4. The summed E-state index contributed by atoms with van der Waals surface area (Å²) in [4.78, 5) is 25.2. The minimum atomic E-state index is -0.328. The van der Waals surface area contributed by atoms with Gasteiger partial charge in [0, 0.05) is 31.0 Å². The molecular weight excluding hydrogens is 230 g/mol. The van der Waals surface area contributed by atoms with Gasteiger partial charge in [0.05, 0.1) is 0 Å². The van der Waals surface area contributed by atoms with Crippen molar-refractivity contribution in [2.75, 3.05) is 6.54 Å². The third-order valence-electron chi connectivity index (χ3n) is 4.24. The van der Waals surface area contributed by atoms with Crippen LogP contribution >= 0.6 is 0 Å². The van der Waals surface area contributed by atoms with Crippen molar-refractivity contribution in [3.63, 3.8) is 0 Å². The van der Waals surface area contributed by atoms with Crippen LogP contribution < -0.4 is 11.5 Å². The van der Waals surface area contributed by atoms with Gasteiger partial charge in [-0.1, -0.05) is 0 Å². The Bertz CT molecular complexity index is 339. The number of amides is 2. The molecule has 0 spiro atoms. The van der Waals surface area contributed by atoms with Crippen LogP contribution in [0.5, 0.6) is 0 Å². The maximum absolute atomic E-state index is 12.3. The quantitative estimate of drug-likeness (QED) is 0.765. The topological polar surface area (TPSA) is 89.4 Å². The lowest BCUT2D eigenvalue weighted by molar-refractivity contribution is -0.137. The van der Waals surface area contributed by atoms with Gasteiger partial charge in [-0.3, -0.25) is 9.59 Å². The van der Waals surface area contributed by atoms with E-state index in [0.717, 1.165) is 45.1 Å². The molecule has 1 saturated carbocycles. The van der Waals surface area contributed by atoms with E-state index in [-0.39, 0.29) is 29.8 Å². The number of carbonyl (C=O) groups excluding carboxylic acids is 2. The van der Waals surface area contributed by atoms with Crippen LogP contribution in [0.3, 0.4) is 0 Å². The molecule has 0 unspecified atom stereocenters. The highest BCUT2D eigenvalue weighted by atomic mass is 16.2. The SMILES string of the molecule is NC(=O)C[C@@H]1CCCCN1C(=O)CC1(N)CCC1. The number of hydrogen-bond acceptors (Lipinski definition) is 3. The number of hydrogen-bond donors (Lipinski definition) is 2. The van der Waals surface area contributed by atoms with E-state index in [4.69, 9.17) is 11.5 Å². The molecular formula is C13H23N3O2. The van der Waals surface area contributed by atoms with E-state index >= 15 is 0 Å². The molecule has 2 aliphatic rings. The molecule has 2 fully saturated rings. The van der Waals surface area contributed by atoms with Gasteiger partial charge >= 0.3 is 0 Å². The zero-order chi connectivity index (χ0) is 13.2. The summed E-state index contributed by atoms with van der Waals surface area (Å²) >= 11 is 0. The first kappa shape index (κ1) is 13.3. The van der Waals surface area contributed by atoms with E-state index in [1.807, 2.05) is 4.90 Å². The number of nitrogens with zero attached hydrogens (tertiary/aromatic N) is 1. The van der Waals surface area contributed by atoms with Gasteiger partial charge < -0.3 is 16.4 Å². The highest BCUT2D eigenvalue weighted by Gasteiger charge is 2.37. The van der Waals surface area contributed by atoms with Gasteiger partial charge in [-0.05, 0) is 38.5 Å². The summed E-state index contributed by atoms with van der Waals surface area (Å²) < 4.78 is 0. The molecule has 1 saturated heterocycles. The molecule has 2 amide bonds. The molecule has 18 heavy (non-hydrogen) atoms. The summed E-state index contributed by atoms with van der Waals surface area (Å²) in [5.74, 6) is -0.228. The van der Waals surface area contributed by atoms with Crippen molar-refractivity contribution in [3.05, 3.63) is 0 Å². The molecule has 5 heteroatoms. The lowest BCUT2D eigenvalue weighted by atomic mass is 9.75. The van der Waals surface area contributed by atoms with Crippen molar-refractivity contribution in [2.45, 2.75) is 62.9 Å². The van der Waals surface area contributed by atoms with Crippen LogP contribution in [0, 0.1) is 0 Å². The Labute approximate surface area is 108 Å².